The van der Waals surface area contributed by atoms with Crippen LogP contribution in [0, 0.1) is 0 Å². The Morgan fingerprint density at radius 3 is 2.91 bits per heavy atom. The molecule has 1 aliphatic rings. The maximum Gasteiger partial charge on any atom is 0.414 e. The van der Waals surface area contributed by atoms with Gasteiger partial charge in [-0.1, -0.05) is 17.7 Å². The lowest BCUT2D eigenvalue weighted by atomic mass is 10.2. The fourth-order valence-electron chi connectivity index (χ4n) is 2.13. The molecule has 3 rings (SSSR count). The normalized spacial score (nSPS) is 13.9. The number of anilines is 2. The van der Waals surface area contributed by atoms with E-state index in [-0.39, 0.29) is 16.6 Å². The molecule has 22 heavy (non-hydrogen) atoms. The number of cyclic esters (lactones) is 1. The second kappa shape index (κ2) is 6.03. The Kier molecular flexibility index (Phi) is 3.93. The van der Waals surface area contributed by atoms with E-state index in [9.17, 15) is 9.59 Å². The van der Waals surface area contributed by atoms with Crippen molar-refractivity contribution in [3.05, 3.63) is 53.3 Å². The van der Waals surface area contributed by atoms with Gasteiger partial charge in [-0.25, -0.2) is 9.78 Å². The SMILES string of the molecule is O=C(Nc1cccc(N2CCOC2=O)c1)c1cccnc1Cl. The molecule has 1 aliphatic heterocycles. The van der Waals surface area contributed by atoms with E-state index in [0.717, 1.165) is 0 Å². The lowest BCUT2D eigenvalue weighted by molar-refractivity contribution is 0.102. The molecule has 0 spiro atoms. The Bertz CT molecular complexity index is 735. The van der Waals surface area contributed by atoms with Gasteiger partial charge in [0.2, 0.25) is 0 Å². The molecule has 1 N–H and O–H groups in total. The summed E-state index contributed by atoms with van der Waals surface area (Å²) in [6.45, 7) is 0.853. The zero-order valence-corrected chi connectivity index (χ0v) is 12.2. The van der Waals surface area contributed by atoms with E-state index in [0.29, 0.717) is 24.5 Å². The molecule has 0 radical (unpaired) electrons. The van der Waals surface area contributed by atoms with Crippen LogP contribution in [-0.4, -0.2) is 30.1 Å². The molecule has 1 aromatic carbocycles. The van der Waals surface area contributed by atoms with Crippen molar-refractivity contribution in [2.24, 2.45) is 0 Å². The van der Waals surface area contributed by atoms with E-state index in [1.54, 1.807) is 36.4 Å². The molecule has 0 unspecified atom stereocenters. The van der Waals surface area contributed by atoms with Crippen LogP contribution in [0.25, 0.3) is 0 Å². The van der Waals surface area contributed by atoms with E-state index in [2.05, 4.69) is 10.3 Å². The number of pyridine rings is 1. The molecule has 0 bridgehead atoms. The Balaban J connectivity index is 1.80. The van der Waals surface area contributed by atoms with Gasteiger partial charge in [0.05, 0.1) is 12.1 Å². The van der Waals surface area contributed by atoms with Crippen LogP contribution in [0.4, 0.5) is 16.2 Å². The zero-order chi connectivity index (χ0) is 15.5. The van der Waals surface area contributed by atoms with Crippen LogP contribution in [-0.2, 0) is 4.74 Å². The molecule has 2 aromatic rings. The Labute approximate surface area is 131 Å². The van der Waals surface area contributed by atoms with Crippen molar-refractivity contribution in [3.63, 3.8) is 0 Å². The summed E-state index contributed by atoms with van der Waals surface area (Å²) in [6, 6.07) is 10.2. The maximum atomic E-state index is 12.2. The minimum atomic E-state index is -0.390. The lowest BCUT2D eigenvalue weighted by Gasteiger charge is -2.14. The highest BCUT2D eigenvalue weighted by Gasteiger charge is 2.23. The van der Waals surface area contributed by atoms with Crippen LogP contribution in [0.15, 0.2) is 42.6 Å². The number of nitrogens with zero attached hydrogens (tertiary/aromatic N) is 2. The third kappa shape index (κ3) is 2.87. The van der Waals surface area contributed by atoms with Gasteiger partial charge >= 0.3 is 6.09 Å². The monoisotopic (exact) mass is 317 g/mol. The summed E-state index contributed by atoms with van der Waals surface area (Å²) in [4.78, 5) is 29.1. The van der Waals surface area contributed by atoms with Gasteiger partial charge in [0.1, 0.15) is 11.8 Å². The highest BCUT2D eigenvalue weighted by molar-refractivity contribution is 6.33. The topological polar surface area (TPSA) is 71.5 Å². The van der Waals surface area contributed by atoms with Crippen LogP contribution in [0.1, 0.15) is 10.4 Å². The molecular formula is C15H12ClN3O3. The minimum Gasteiger partial charge on any atom is -0.447 e. The minimum absolute atomic E-state index is 0.138. The van der Waals surface area contributed by atoms with Crippen LogP contribution < -0.4 is 10.2 Å². The lowest BCUT2D eigenvalue weighted by Crippen LogP contribution is -2.23. The molecule has 112 valence electrons. The summed E-state index contributed by atoms with van der Waals surface area (Å²) in [7, 11) is 0. The Morgan fingerprint density at radius 2 is 2.18 bits per heavy atom. The number of carbonyl (C=O) groups is 2. The summed E-state index contributed by atoms with van der Waals surface area (Å²) in [5.41, 5.74) is 1.51. The number of benzene rings is 1. The number of carbonyl (C=O) groups excluding carboxylic acids is 2. The van der Waals surface area contributed by atoms with E-state index in [1.807, 2.05) is 0 Å². The first kappa shape index (κ1) is 14.3. The number of aromatic nitrogens is 1. The third-order valence-corrected chi connectivity index (χ3v) is 3.48. The first-order chi connectivity index (χ1) is 10.6. The van der Waals surface area contributed by atoms with Gasteiger partial charge in [-0.05, 0) is 30.3 Å². The average molecular weight is 318 g/mol. The van der Waals surface area contributed by atoms with Crippen molar-refractivity contribution in [3.8, 4) is 0 Å². The number of amides is 2. The summed E-state index contributed by atoms with van der Waals surface area (Å²) in [5, 5.41) is 2.87. The number of hydrogen-bond acceptors (Lipinski definition) is 4. The largest absolute Gasteiger partial charge is 0.447 e. The predicted molar refractivity (Wildman–Crippen MR) is 82.3 cm³/mol. The number of rotatable bonds is 3. The van der Waals surface area contributed by atoms with E-state index in [1.165, 1.54) is 11.1 Å². The highest BCUT2D eigenvalue weighted by atomic mass is 35.5. The first-order valence-electron chi connectivity index (χ1n) is 6.61. The van der Waals surface area contributed by atoms with Crippen molar-refractivity contribution in [2.75, 3.05) is 23.4 Å². The van der Waals surface area contributed by atoms with Gasteiger partial charge < -0.3 is 10.1 Å². The second-order valence-electron chi connectivity index (χ2n) is 4.61. The average Bonchev–Trinajstić information content (AvgIpc) is 2.94. The molecule has 2 heterocycles. The fourth-order valence-corrected chi connectivity index (χ4v) is 2.34. The van der Waals surface area contributed by atoms with Crippen molar-refractivity contribution < 1.29 is 14.3 Å². The van der Waals surface area contributed by atoms with Crippen LogP contribution in [0.5, 0.6) is 0 Å². The zero-order valence-electron chi connectivity index (χ0n) is 11.5. The van der Waals surface area contributed by atoms with Crippen LogP contribution in [0.2, 0.25) is 5.15 Å². The van der Waals surface area contributed by atoms with Gasteiger partial charge in [0.25, 0.3) is 5.91 Å². The van der Waals surface area contributed by atoms with E-state index in [4.69, 9.17) is 16.3 Å². The number of ether oxygens (including phenoxy) is 1. The Hall–Kier alpha value is -2.60. The first-order valence-corrected chi connectivity index (χ1v) is 6.99. The van der Waals surface area contributed by atoms with Crippen molar-refractivity contribution in [1.29, 1.82) is 0 Å². The summed E-state index contributed by atoms with van der Waals surface area (Å²) in [6.07, 6.45) is 1.12. The van der Waals surface area contributed by atoms with E-state index >= 15 is 0 Å². The molecule has 0 saturated carbocycles. The molecule has 6 nitrogen and oxygen atoms in total. The third-order valence-electron chi connectivity index (χ3n) is 3.18. The highest BCUT2D eigenvalue weighted by Crippen LogP contribution is 2.23. The van der Waals surface area contributed by atoms with Crippen molar-refractivity contribution in [2.45, 2.75) is 0 Å². The summed E-state index contributed by atoms with van der Waals surface area (Å²) < 4.78 is 4.90. The van der Waals surface area contributed by atoms with Gasteiger partial charge in [0.15, 0.2) is 0 Å². The molecule has 0 atom stereocenters. The second-order valence-corrected chi connectivity index (χ2v) is 4.97. The van der Waals surface area contributed by atoms with Gasteiger partial charge in [0, 0.05) is 17.6 Å². The van der Waals surface area contributed by atoms with Gasteiger partial charge in [-0.2, -0.15) is 0 Å². The molecule has 7 heteroatoms. The van der Waals surface area contributed by atoms with Crippen molar-refractivity contribution >= 4 is 35.0 Å². The molecule has 1 saturated heterocycles. The smallest absolute Gasteiger partial charge is 0.414 e. The number of halogens is 1. The molecular weight excluding hydrogens is 306 g/mol. The molecule has 0 aliphatic carbocycles. The van der Waals surface area contributed by atoms with E-state index < -0.39 is 6.09 Å². The van der Waals surface area contributed by atoms with Gasteiger partial charge in [-0.3, -0.25) is 9.69 Å². The Morgan fingerprint density at radius 1 is 1.32 bits per heavy atom. The fraction of sp³-hybridized carbons (Fsp3) is 0.133. The number of nitrogens with one attached hydrogen (secondary N) is 1. The standard InChI is InChI=1S/C15H12ClN3O3/c16-13-12(5-2-6-17-13)14(20)18-10-3-1-4-11(9-10)19-7-8-22-15(19)21/h1-6,9H,7-8H2,(H,18,20). The summed E-state index contributed by atoms with van der Waals surface area (Å²) in [5.74, 6) is -0.362. The van der Waals surface area contributed by atoms with Crippen molar-refractivity contribution in [1.82, 2.24) is 4.98 Å². The molecule has 1 fully saturated rings. The molecule has 2 amide bonds. The molecule has 1 aromatic heterocycles. The quantitative estimate of drug-likeness (QED) is 0.883. The van der Waals surface area contributed by atoms with Gasteiger partial charge in [-0.15, -0.1) is 0 Å². The summed E-state index contributed by atoms with van der Waals surface area (Å²) >= 11 is 5.90. The maximum absolute atomic E-state index is 12.2. The predicted octanol–water partition coefficient (Wildman–Crippen LogP) is 2.94. The van der Waals surface area contributed by atoms with Crippen LogP contribution >= 0.6 is 11.6 Å². The van der Waals surface area contributed by atoms with Crippen LogP contribution in [0.3, 0.4) is 0 Å². The number of hydrogen-bond donors (Lipinski definition) is 1.